The molecule has 1 aromatic heterocycles. The van der Waals surface area contributed by atoms with Crippen LogP contribution in [0.2, 0.25) is 0 Å². The van der Waals surface area contributed by atoms with Crippen molar-refractivity contribution in [1.29, 1.82) is 0 Å². The average molecular weight is 380 g/mol. The van der Waals surface area contributed by atoms with Gasteiger partial charge in [-0.2, -0.15) is 0 Å². The lowest BCUT2D eigenvalue weighted by molar-refractivity contribution is -0.0212. The number of aromatic nitrogens is 2. The van der Waals surface area contributed by atoms with E-state index in [1.807, 2.05) is 39.0 Å². The third-order valence-electron chi connectivity index (χ3n) is 4.37. The molecule has 0 aliphatic heterocycles. The standard InChI is InChI=1S/C17H22BrN3O2/c1-16(2,3)23-15(22)21(4)17(8-5-9-17)14-19-12-7-6-11(18)10-13(12)20-14/h6-7,10H,5,8-9H2,1-4H3,(H,19,20). The van der Waals surface area contributed by atoms with Crippen molar-refractivity contribution in [3.63, 3.8) is 0 Å². The first-order chi connectivity index (χ1) is 10.7. The van der Waals surface area contributed by atoms with Crippen molar-refractivity contribution < 1.29 is 9.53 Å². The number of hydrogen-bond donors (Lipinski definition) is 1. The number of aromatic amines is 1. The van der Waals surface area contributed by atoms with Gasteiger partial charge in [0.05, 0.1) is 11.0 Å². The summed E-state index contributed by atoms with van der Waals surface area (Å²) in [7, 11) is 1.80. The predicted molar refractivity (Wildman–Crippen MR) is 93.3 cm³/mol. The fourth-order valence-corrected chi connectivity index (χ4v) is 3.31. The van der Waals surface area contributed by atoms with E-state index in [0.717, 1.165) is 40.6 Å². The molecule has 0 spiro atoms. The first-order valence-corrected chi connectivity index (χ1v) is 8.63. The molecule has 0 unspecified atom stereocenters. The van der Waals surface area contributed by atoms with Gasteiger partial charge in [0, 0.05) is 11.5 Å². The summed E-state index contributed by atoms with van der Waals surface area (Å²) >= 11 is 3.48. The van der Waals surface area contributed by atoms with Crippen LogP contribution in [-0.2, 0) is 10.3 Å². The minimum Gasteiger partial charge on any atom is -0.444 e. The largest absolute Gasteiger partial charge is 0.444 e. The molecule has 0 bridgehead atoms. The Bertz CT molecular complexity index is 744. The Labute approximate surface area is 144 Å². The molecule has 1 heterocycles. The normalized spacial score (nSPS) is 16.9. The quantitative estimate of drug-likeness (QED) is 0.830. The summed E-state index contributed by atoms with van der Waals surface area (Å²) < 4.78 is 6.54. The molecule has 1 aliphatic rings. The van der Waals surface area contributed by atoms with E-state index in [2.05, 4.69) is 20.9 Å². The van der Waals surface area contributed by atoms with Gasteiger partial charge in [-0.15, -0.1) is 0 Å². The Morgan fingerprint density at radius 1 is 1.39 bits per heavy atom. The lowest BCUT2D eigenvalue weighted by atomic mass is 9.75. The third kappa shape index (κ3) is 2.96. The van der Waals surface area contributed by atoms with E-state index in [0.29, 0.717) is 0 Å². The Balaban J connectivity index is 1.94. The van der Waals surface area contributed by atoms with Gasteiger partial charge in [0.1, 0.15) is 17.0 Å². The first kappa shape index (κ1) is 16.3. The van der Waals surface area contributed by atoms with Crippen LogP contribution < -0.4 is 0 Å². The summed E-state index contributed by atoms with van der Waals surface area (Å²) in [5.41, 5.74) is 0.980. The highest BCUT2D eigenvalue weighted by Gasteiger charge is 2.48. The SMILES string of the molecule is CN(C(=O)OC(C)(C)C)C1(c2nc3ccc(Br)cc3[nH]2)CCC1. The molecular formula is C17H22BrN3O2. The van der Waals surface area contributed by atoms with Gasteiger partial charge in [-0.3, -0.25) is 4.90 Å². The van der Waals surface area contributed by atoms with Crippen molar-refractivity contribution >= 4 is 33.1 Å². The van der Waals surface area contributed by atoms with Crippen molar-refractivity contribution in [3.05, 3.63) is 28.5 Å². The van der Waals surface area contributed by atoms with E-state index in [-0.39, 0.29) is 6.09 Å². The van der Waals surface area contributed by atoms with Gasteiger partial charge < -0.3 is 9.72 Å². The third-order valence-corrected chi connectivity index (χ3v) is 4.87. The number of carbonyl (C=O) groups excluding carboxylic acids is 1. The second-order valence-corrected chi connectivity index (χ2v) is 8.09. The lowest BCUT2D eigenvalue weighted by Crippen LogP contribution is -2.53. The van der Waals surface area contributed by atoms with Crippen LogP contribution in [0.25, 0.3) is 11.0 Å². The molecule has 1 fully saturated rings. The Morgan fingerprint density at radius 3 is 2.65 bits per heavy atom. The molecule has 1 saturated carbocycles. The molecule has 6 heteroatoms. The highest BCUT2D eigenvalue weighted by molar-refractivity contribution is 9.10. The number of nitrogens with one attached hydrogen (secondary N) is 1. The molecule has 1 aliphatic carbocycles. The van der Waals surface area contributed by atoms with Crippen molar-refractivity contribution in [2.45, 2.75) is 51.2 Å². The van der Waals surface area contributed by atoms with Crippen LogP contribution >= 0.6 is 15.9 Å². The van der Waals surface area contributed by atoms with Crippen LogP contribution in [0.5, 0.6) is 0 Å². The summed E-state index contributed by atoms with van der Waals surface area (Å²) in [6.07, 6.45) is 2.56. The zero-order valence-electron chi connectivity index (χ0n) is 13.9. The van der Waals surface area contributed by atoms with Gasteiger partial charge in [0.15, 0.2) is 0 Å². The maximum Gasteiger partial charge on any atom is 0.410 e. The Morgan fingerprint density at radius 2 is 2.09 bits per heavy atom. The summed E-state index contributed by atoms with van der Waals surface area (Å²) in [5, 5.41) is 0. The van der Waals surface area contributed by atoms with Gasteiger partial charge in [0.25, 0.3) is 0 Å². The summed E-state index contributed by atoms with van der Waals surface area (Å²) in [6, 6.07) is 5.95. The highest BCUT2D eigenvalue weighted by atomic mass is 79.9. The fourth-order valence-electron chi connectivity index (χ4n) is 2.95. The highest BCUT2D eigenvalue weighted by Crippen LogP contribution is 2.45. The molecule has 124 valence electrons. The van der Waals surface area contributed by atoms with Crippen LogP contribution in [0.15, 0.2) is 22.7 Å². The first-order valence-electron chi connectivity index (χ1n) is 7.84. The average Bonchev–Trinajstić information content (AvgIpc) is 2.78. The maximum atomic E-state index is 12.5. The maximum absolute atomic E-state index is 12.5. The van der Waals surface area contributed by atoms with Crippen molar-refractivity contribution in [1.82, 2.24) is 14.9 Å². The monoisotopic (exact) mass is 379 g/mol. The summed E-state index contributed by atoms with van der Waals surface area (Å²) in [5.74, 6) is 0.838. The molecule has 0 atom stereocenters. The number of imidazole rings is 1. The zero-order chi connectivity index (χ0) is 16.8. The van der Waals surface area contributed by atoms with Crippen molar-refractivity contribution in [2.24, 2.45) is 0 Å². The summed E-state index contributed by atoms with van der Waals surface area (Å²) in [6.45, 7) is 5.64. The van der Waals surface area contributed by atoms with Crippen molar-refractivity contribution in [2.75, 3.05) is 7.05 Å². The van der Waals surface area contributed by atoms with Gasteiger partial charge in [-0.25, -0.2) is 9.78 Å². The van der Waals surface area contributed by atoms with Crippen molar-refractivity contribution in [3.8, 4) is 0 Å². The number of hydrogen-bond acceptors (Lipinski definition) is 3. The molecular weight excluding hydrogens is 358 g/mol. The second kappa shape index (κ2) is 5.51. The number of carbonyl (C=O) groups is 1. The number of rotatable bonds is 2. The molecule has 23 heavy (non-hydrogen) atoms. The number of ether oxygens (including phenoxy) is 1. The van der Waals surface area contributed by atoms with E-state index in [4.69, 9.17) is 9.72 Å². The Hall–Kier alpha value is -1.56. The number of nitrogens with zero attached hydrogens (tertiary/aromatic N) is 2. The van der Waals surface area contributed by atoms with E-state index < -0.39 is 11.1 Å². The smallest absolute Gasteiger partial charge is 0.410 e. The molecule has 2 aromatic rings. The molecule has 1 aromatic carbocycles. The number of H-pyrrole nitrogens is 1. The van der Waals surface area contributed by atoms with E-state index >= 15 is 0 Å². The van der Waals surface area contributed by atoms with Crippen LogP contribution in [-0.4, -0.2) is 33.6 Å². The van der Waals surface area contributed by atoms with Crippen LogP contribution in [0.4, 0.5) is 4.79 Å². The number of halogens is 1. The minimum absolute atomic E-state index is 0.307. The zero-order valence-corrected chi connectivity index (χ0v) is 15.5. The second-order valence-electron chi connectivity index (χ2n) is 7.17. The Kier molecular flexibility index (Phi) is 3.91. The molecule has 5 nitrogen and oxygen atoms in total. The molecule has 1 amide bonds. The van der Waals surface area contributed by atoms with Crippen LogP contribution in [0.1, 0.15) is 45.9 Å². The van der Waals surface area contributed by atoms with E-state index in [9.17, 15) is 4.79 Å². The summed E-state index contributed by atoms with van der Waals surface area (Å²) in [4.78, 5) is 22.3. The van der Waals surface area contributed by atoms with E-state index in [1.54, 1.807) is 11.9 Å². The minimum atomic E-state index is -0.505. The van der Waals surface area contributed by atoms with Crippen LogP contribution in [0.3, 0.4) is 0 Å². The molecule has 0 radical (unpaired) electrons. The van der Waals surface area contributed by atoms with E-state index in [1.165, 1.54) is 0 Å². The topological polar surface area (TPSA) is 58.2 Å². The lowest BCUT2D eigenvalue weighted by Gasteiger charge is -2.46. The number of amides is 1. The number of benzene rings is 1. The molecule has 3 rings (SSSR count). The fraction of sp³-hybridized carbons (Fsp3) is 0.529. The van der Waals surface area contributed by atoms with Gasteiger partial charge in [0.2, 0.25) is 0 Å². The number of fused-ring (bicyclic) bond motifs is 1. The predicted octanol–water partition coefficient (Wildman–Crippen LogP) is 4.57. The molecule has 0 saturated heterocycles. The molecule has 1 N–H and O–H groups in total. The van der Waals surface area contributed by atoms with Crippen LogP contribution in [0, 0.1) is 0 Å². The van der Waals surface area contributed by atoms with Gasteiger partial charge >= 0.3 is 6.09 Å². The van der Waals surface area contributed by atoms with Gasteiger partial charge in [-0.1, -0.05) is 15.9 Å². The van der Waals surface area contributed by atoms with Gasteiger partial charge in [-0.05, 0) is 58.2 Å².